The van der Waals surface area contributed by atoms with Gasteiger partial charge in [-0.3, -0.25) is 9.59 Å². The molecule has 3 heterocycles. The summed E-state index contributed by atoms with van der Waals surface area (Å²) < 4.78 is 27.0. The van der Waals surface area contributed by atoms with Crippen LogP contribution < -0.4 is 5.32 Å². The van der Waals surface area contributed by atoms with Crippen LogP contribution in [0.1, 0.15) is 23.1 Å². The molecule has 2 N–H and O–H groups in total. The number of carbonyl (C=O) groups excluding carboxylic acids is 2. The summed E-state index contributed by atoms with van der Waals surface area (Å²) in [4.78, 5) is 29.3. The number of carbonyl (C=O) groups is 2. The maximum atomic E-state index is 13.9. The van der Waals surface area contributed by atoms with E-state index >= 15 is 0 Å². The molecule has 1 fully saturated rings. The van der Waals surface area contributed by atoms with Crippen LogP contribution >= 0.6 is 0 Å². The van der Waals surface area contributed by atoms with Crippen LogP contribution in [0.25, 0.3) is 0 Å². The van der Waals surface area contributed by atoms with Crippen molar-refractivity contribution in [3.05, 3.63) is 94.0 Å². The Morgan fingerprint density at radius 1 is 1.16 bits per heavy atom. The quantitative estimate of drug-likeness (QED) is 0.775. The van der Waals surface area contributed by atoms with Crippen LogP contribution in [0.2, 0.25) is 0 Å². The number of piperazine rings is 1. The summed E-state index contributed by atoms with van der Waals surface area (Å²) in [7, 11) is 0. The largest absolute Gasteiger partial charge is 0.510 e. The molecule has 3 aliphatic rings. The lowest BCUT2D eigenvalue weighted by molar-refractivity contribution is -0.133. The second-order valence-corrected chi connectivity index (χ2v) is 8.26. The highest BCUT2D eigenvalue weighted by molar-refractivity contribution is 5.98. The third-order valence-electron chi connectivity index (χ3n) is 6.18. The van der Waals surface area contributed by atoms with E-state index in [-0.39, 0.29) is 47.5 Å². The Bertz CT molecular complexity index is 1190. The van der Waals surface area contributed by atoms with Gasteiger partial charge in [-0.25, -0.2) is 8.78 Å². The van der Waals surface area contributed by atoms with Crippen molar-refractivity contribution in [2.75, 3.05) is 6.54 Å². The molecule has 2 aromatic carbocycles. The van der Waals surface area contributed by atoms with Crippen molar-refractivity contribution in [3.63, 3.8) is 0 Å². The number of fused-ring (bicyclic) bond motifs is 5. The highest BCUT2D eigenvalue weighted by Gasteiger charge is 2.42. The highest BCUT2D eigenvalue weighted by Crippen LogP contribution is 2.35. The lowest BCUT2D eigenvalue weighted by Crippen LogP contribution is -2.53. The fraction of sp³-hybridized carbons (Fsp3) is 0.250. The molecule has 164 valence electrons. The van der Waals surface area contributed by atoms with E-state index in [1.807, 2.05) is 24.3 Å². The van der Waals surface area contributed by atoms with E-state index < -0.39 is 17.5 Å². The van der Waals surface area contributed by atoms with E-state index in [1.165, 1.54) is 6.07 Å². The lowest BCUT2D eigenvalue weighted by atomic mass is 9.97. The molecule has 0 spiro atoms. The van der Waals surface area contributed by atoms with Crippen molar-refractivity contribution in [1.82, 2.24) is 15.1 Å². The molecule has 8 heteroatoms. The van der Waals surface area contributed by atoms with Gasteiger partial charge in [-0.15, -0.1) is 0 Å². The molecule has 32 heavy (non-hydrogen) atoms. The number of rotatable bonds is 3. The van der Waals surface area contributed by atoms with E-state index in [1.54, 1.807) is 16.0 Å². The second-order valence-electron chi connectivity index (χ2n) is 8.26. The summed E-state index contributed by atoms with van der Waals surface area (Å²) in [6, 6.07) is 11.0. The highest BCUT2D eigenvalue weighted by atomic mass is 19.1. The van der Waals surface area contributed by atoms with Gasteiger partial charge in [0.2, 0.25) is 5.91 Å². The van der Waals surface area contributed by atoms with Gasteiger partial charge < -0.3 is 20.2 Å². The zero-order valence-corrected chi connectivity index (χ0v) is 17.1. The van der Waals surface area contributed by atoms with Gasteiger partial charge in [-0.05, 0) is 23.6 Å². The third kappa shape index (κ3) is 3.51. The van der Waals surface area contributed by atoms with Crippen LogP contribution in [0, 0.1) is 11.6 Å². The van der Waals surface area contributed by atoms with E-state index in [4.69, 9.17) is 0 Å². The van der Waals surface area contributed by atoms with Crippen LogP contribution in [-0.2, 0) is 29.1 Å². The lowest BCUT2D eigenvalue weighted by Gasteiger charge is -2.42. The Morgan fingerprint density at radius 3 is 2.72 bits per heavy atom. The standard InChI is InChI=1S/C24H21F2N3O3/c25-18-6-5-15(20(26)9-18)10-27-23(31)17-8-21(30)22-24(32)28-11-16-4-2-1-3-14(16)7-19(13-28)29(22)12-17/h1-6,9,12,19,30H,7-8,10-11,13H2,(H,27,31)/t19-/m0/s1. The predicted octanol–water partition coefficient (Wildman–Crippen LogP) is 2.91. The van der Waals surface area contributed by atoms with Crippen LogP contribution in [0.4, 0.5) is 8.78 Å². The monoisotopic (exact) mass is 437 g/mol. The van der Waals surface area contributed by atoms with Gasteiger partial charge in [-0.1, -0.05) is 30.3 Å². The summed E-state index contributed by atoms with van der Waals surface area (Å²) in [6.07, 6.45) is 2.19. The second kappa shape index (κ2) is 7.78. The van der Waals surface area contributed by atoms with Crippen molar-refractivity contribution in [2.24, 2.45) is 0 Å². The van der Waals surface area contributed by atoms with Crippen LogP contribution in [-0.4, -0.2) is 39.3 Å². The zero-order chi connectivity index (χ0) is 22.4. The molecule has 6 nitrogen and oxygen atoms in total. The van der Waals surface area contributed by atoms with E-state index in [0.717, 1.165) is 23.3 Å². The molecule has 0 radical (unpaired) electrons. The van der Waals surface area contributed by atoms with Crippen molar-refractivity contribution in [2.45, 2.75) is 32.0 Å². The molecule has 0 saturated carbocycles. The smallest absolute Gasteiger partial charge is 0.274 e. The number of amides is 2. The maximum Gasteiger partial charge on any atom is 0.274 e. The number of nitrogens with one attached hydrogen (secondary N) is 1. The van der Waals surface area contributed by atoms with Crippen molar-refractivity contribution in [3.8, 4) is 0 Å². The van der Waals surface area contributed by atoms with Crippen LogP contribution in [0.3, 0.4) is 0 Å². The normalized spacial score (nSPS) is 19.8. The first kappa shape index (κ1) is 20.2. The first-order chi connectivity index (χ1) is 15.4. The molecule has 5 rings (SSSR count). The van der Waals surface area contributed by atoms with Crippen LogP contribution in [0.15, 0.2) is 65.7 Å². The minimum atomic E-state index is -0.744. The number of hydrogen-bond acceptors (Lipinski definition) is 4. The molecule has 0 aromatic heterocycles. The molecular formula is C24H21F2N3O3. The minimum Gasteiger partial charge on any atom is -0.510 e. The molecule has 1 atom stereocenters. The Balaban J connectivity index is 1.39. The Kier molecular flexibility index (Phi) is 4.92. The SMILES string of the molecule is O=C(NCc1ccc(F)cc1F)C1=CN2C(=C(O)C1)C(=O)N1Cc3ccccc3C[C@H]2C1. The Labute approximate surface area is 183 Å². The van der Waals surface area contributed by atoms with Gasteiger partial charge >= 0.3 is 0 Å². The minimum absolute atomic E-state index is 0.0944. The van der Waals surface area contributed by atoms with Crippen molar-refractivity contribution < 1.29 is 23.5 Å². The molecule has 3 aliphatic heterocycles. The molecule has 1 saturated heterocycles. The van der Waals surface area contributed by atoms with Gasteiger partial charge in [0.05, 0.1) is 6.04 Å². The number of benzene rings is 2. The predicted molar refractivity (Wildman–Crippen MR) is 112 cm³/mol. The summed E-state index contributed by atoms with van der Waals surface area (Å²) >= 11 is 0. The molecule has 2 aromatic rings. The van der Waals surface area contributed by atoms with Gasteiger partial charge in [-0.2, -0.15) is 0 Å². The van der Waals surface area contributed by atoms with Crippen molar-refractivity contribution in [1.29, 1.82) is 0 Å². The summed E-state index contributed by atoms with van der Waals surface area (Å²) in [5.41, 5.74) is 2.83. The van der Waals surface area contributed by atoms with E-state index in [9.17, 15) is 23.5 Å². The average Bonchev–Trinajstić information content (AvgIpc) is 2.94. The maximum absolute atomic E-state index is 13.9. The van der Waals surface area contributed by atoms with Gasteiger partial charge in [0.25, 0.3) is 5.91 Å². The number of aliphatic hydroxyl groups is 1. The number of nitrogens with zero attached hydrogens (tertiary/aromatic N) is 2. The summed E-state index contributed by atoms with van der Waals surface area (Å²) in [5, 5.41) is 13.3. The molecular weight excluding hydrogens is 416 g/mol. The fourth-order valence-electron chi connectivity index (χ4n) is 4.55. The van der Waals surface area contributed by atoms with E-state index in [0.29, 0.717) is 19.5 Å². The zero-order valence-electron chi connectivity index (χ0n) is 17.1. The van der Waals surface area contributed by atoms with Gasteiger partial charge in [0.1, 0.15) is 23.1 Å². The van der Waals surface area contributed by atoms with Gasteiger partial charge in [0, 0.05) is 49.5 Å². The Hall–Kier alpha value is -3.68. The van der Waals surface area contributed by atoms with E-state index in [2.05, 4.69) is 5.32 Å². The number of aliphatic hydroxyl groups excluding tert-OH is 1. The molecule has 0 unspecified atom stereocenters. The summed E-state index contributed by atoms with van der Waals surface area (Å²) in [6.45, 7) is 0.843. The number of hydrogen-bond donors (Lipinski definition) is 2. The van der Waals surface area contributed by atoms with Crippen molar-refractivity contribution >= 4 is 11.8 Å². The molecule has 2 amide bonds. The average molecular weight is 437 g/mol. The first-order valence-electron chi connectivity index (χ1n) is 10.4. The Morgan fingerprint density at radius 2 is 1.94 bits per heavy atom. The van der Waals surface area contributed by atoms with Gasteiger partial charge in [0.15, 0.2) is 0 Å². The number of halogens is 2. The first-order valence-corrected chi connectivity index (χ1v) is 10.4. The molecule has 2 bridgehead atoms. The fourth-order valence-corrected chi connectivity index (χ4v) is 4.55. The molecule has 0 aliphatic carbocycles. The topological polar surface area (TPSA) is 72.9 Å². The van der Waals surface area contributed by atoms with Crippen LogP contribution in [0.5, 0.6) is 0 Å². The number of allylic oxidation sites excluding steroid dienone is 1. The third-order valence-corrected chi connectivity index (χ3v) is 6.18. The summed E-state index contributed by atoms with van der Waals surface area (Å²) in [5.74, 6) is -2.34.